The van der Waals surface area contributed by atoms with E-state index in [0.717, 1.165) is 25.7 Å². The van der Waals surface area contributed by atoms with Crippen LogP contribution in [-0.4, -0.2) is 34.9 Å². The van der Waals surface area contributed by atoms with Crippen LogP contribution in [0.5, 0.6) is 0 Å². The fourth-order valence-electron chi connectivity index (χ4n) is 6.35. The van der Waals surface area contributed by atoms with Crippen LogP contribution < -0.4 is 5.32 Å². The maximum atomic E-state index is 12.3. The predicted molar refractivity (Wildman–Crippen MR) is 198 cm³/mol. The molecule has 0 bridgehead atoms. The van der Waals surface area contributed by atoms with Crippen LogP contribution in [0.25, 0.3) is 0 Å². The Bertz CT molecular complexity index is 608. The number of rotatable bonds is 37. The Morgan fingerprint density at radius 3 is 1.16 bits per heavy atom. The third-order valence-corrected chi connectivity index (χ3v) is 9.52. The van der Waals surface area contributed by atoms with Crippen molar-refractivity contribution in [3.05, 3.63) is 12.2 Å². The first-order valence-corrected chi connectivity index (χ1v) is 20.4. The number of aliphatic hydroxyl groups is 2. The van der Waals surface area contributed by atoms with Gasteiger partial charge in [0.25, 0.3) is 0 Å². The first-order chi connectivity index (χ1) is 22.2. The molecule has 0 fully saturated rings. The van der Waals surface area contributed by atoms with E-state index < -0.39 is 12.1 Å². The third kappa shape index (κ3) is 34.3. The van der Waals surface area contributed by atoms with Crippen molar-refractivity contribution in [2.75, 3.05) is 6.61 Å². The summed E-state index contributed by atoms with van der Waals surface area (Å²) >= 11 is 0. The van der Waals surface area contributed by atoms with Gasteiger partial charge in [0.05, 0.1) is 18.8 Å². The molecule has 0 rings (SSSR count). The monoisotopic (exact) mass is 636 g/mol. The molecule has 268 valence electrons. The van der Waals surface area contributed by atoms with Crippen molar-refractivity contribution >= 4 is 5.91 Å². The molecule has 0 unspecified atom stereocenters. The third-order valence-electron chi connectivity index (χ3n) is 9.52. The number of allylic oxidation sites excluding steroid dienone is 1. The minimum Gasteiger partial charge on any atom is -0.394 e. The molecule has 0 aliphatic rings. The predicted octanol–water partition coefficient (Wildman–Crippen LogP) is 12.3. The Labute approximate surface area is 282 Å². The van der Waals surface area contributed by atoms with Gasteiger partial charge in [0.1, 0.15) is 0 Å². The smallest absolute Gasteiger partial charge is 0.220 e. The van der Waals surface area contributed by atoms with E-state index in [9.17, 15) is 15.0 Å². The molecule has 0 aliphatic carbocycles. The highest BCUT2D eigenvalue weighted by molar-refractivity contribution is 5.76. The molecule has 0 saturated carbocycles. The summed E-state index contributed by atoms with van der Waals surface area (Å²) in [6.45, 7) is 4.32. The second kappa shape index (κ2) is 37.6. The lowest BCUT2D eigenvalue weighted by atomic mass is 10.0. The zero-order valence-electron chi connectivity index (χ0n) is 30.7. The van der Waals surface area contributed by atoms with Crippen molar-refractivity contribution in [3.8, 4) is 0 Å². The van der Waals surface area contributed by atoms with Gasteiger partial charge in [-0.15, -0.1) is 0 Å². The molecule has 0 spiro atoms. The molecule has 0 aromatic heterocycles. The molecule has 4 heteroatoms. The van der Waals surface area contributed by atoms with Gasteiger partial charge in [-0.3, -0.25) is 4.79 Å². The Hall–Kier alpha value is -0.870. The van der Waals surface area contributed by atoms with Gasteiger partial charge in [-0.25, -0.2) is 0 Å². The molecule has 0 aromatic carbocycles. The van der Waals surface area contributed by atoms with Gasteiger partial charge in [-0.05, 0) is 19.3 Å². The summed E-state index contributed by atoms with van der Waals surface area (Å²) in [6, 6.07) is -0.615. The van der Waals surface area contributed by atoms with Crippen molar-refractivity contribution in [2.45, 2.75) is 238 Å². The van der Waals surface area contributed by atoms with Crippen LogP contribution in [0.2, 0.25) is 0 Å². The molecular weight excluding hydrogens is 554 g/mol. The zero-order valence-corrected chi connectivity index (χ0v) is 30.7. The molecule has 3 N–H and O–H groups in total. The van der Waals surface area contributed by atoms with E-state index in [4.69, 9.17) is 0 Å². The number of hydrogen-bond donors (Lipinski definition) is 3. The quantitative estimate of drug-likeness (QED) is 0.0470. The minimum atomic E-state index is -0.832. The van der Waals surface area contributed by atoms with Crippen LogP contribution >= 0.6 is 0 Å². The lowest BCUT2D eigenvalue weighted by Gasteiger charge is -2.20. The normalized spacial score (nSPS) is 13.1. The standard InChI is InChI=1S/C41H81NO3/c1-3-5-7-9-11-13-15-17-19-20-21-22-23-25-27-29-31-33-35-37-41(45)42-39(38-43)40(44)36-34-32-30-28-26-24-18-16-14-12-10-8-6-4-2/h34,36,39-40,43-44H,3-33,35,37-38H2,1-2H3,(H,42,45)/b36-34+/t39-,40+/m0/s1. The number of amides is 1. The molecule has 0 aromatic rings. The number of nitrogens with one attached hydrogen (secondary N) is 1. The van der Waals surface area contributed by atoms with Gasteiger partial charge < -0.3 is 15.5 Å². The fraction of sp³-hybridized carbons (Fsp3) is 0.927. The highest BCUT2D eigenvalue weighted by Crippen LogP contribution is 2.16. The maximum Gasteiger partial charge on any atom is 0.220 e. The van der Waals surface area contributed by atoms with Crippen LogP contribution in [0.1, 0.15) is 226 Å². The fourth-order valence-corrected chi connectivity index (χ4v) is 6.35. The van der Waals surface area contributed by atoms with Crippen LogP contribution in [0.4, 0.5) is 0 Å². The molecule has 45 heavy (non-hydrogen) atoms. The number of unbranched alkanes of at least 4 members (excludes halogenated alkanes) is 30. The van der Waals surface area contributed by atoms with Crippen molar-refractivity contribution < 1.29 is 15.0 Å². The van der Waals surface area contributed by atoms with E-state index in [0.29, 0.717) is 6.42 Å². The van der Waals surface area contributed by atoms with E-state index in [1.165, 1.54) is 180 Å². The Morgan fingerprint density at radius 1 is 0.511 bits per heavy atom. The van der Waals surface area contributed by atoms with Crippen LogP contribution in [-0.2, 0) is 4.79 Å². The summed E-state index contributed by atoms with van der Waals surface area (Å²) in [7, 11) is 0. The van der Waals surface area contributed by atoms with E-state index >= 15 is 0 Å². The first-order valence-electron chi connectivity index (χ1n) is 20.4. The summed E-state index contributed by atoms with van der Waals surface area (Å²) in [4.78, 5) is 12.3. The Balaban J connectivity index is 3.54. The topological polar surface area (TPSA) is 69.6 Å². The molecule has 0 radical (unpaired) electrons. The Kier molecular flexibility index (Phi) is 36.9. The van der Waals surface area contributed by atoms with Gasteiger partial charge in [0, 0.05) is 6.42 Å². The van der Waals surface area contributed by atoms with Crippen molar-refractivity contribution in [2.24, 2.45) is 0 Å². The van der Waals surface area contributed by atoms with Crippen LogP contribution in [0.15, 0.2) is 12.2 Å². The SMILES string of the molecule is CCCCCCCCCCCCCC/C=C/[C@@H](O)[C@H](CO)NC(=O)CCCCCCCCCCCCCCCCCCCCC. The molecule has 0 heterocycles. The highest BCUT2D eigenvalue weighted by atomic mass is 16.3. The zero-order chi connectivity index (χ0) is 32.9. The van der Waals surface area contributed by atoms with Gasteiger partial charge in [-0.1, -0.05) is 212 Å². The molecule has 0 saturated heterocycles. The highest BCUT2D eigenvalue weighted by Gasteiger charge is 2.17. The summed E-state index contributed by atoms with van der Waals surface area (Å²) in [5, 5.41) is 22.9. The minimum absolute atomic E-state index is 0.0607. The second-order valence-corrected chi connectivity index (χ2v) is 14.1. The average Bonchev–Trinajstić information content (AvgIpc) is 3.04. The lowest BCUT2D eigenvalue weighted by Crippen LogP contribution is -2.45. The summed E-state index contributed by atoms with van der Waals surface area (Å²) in [5.41, 5.74) is 0. The largest absolute Gasteiger partial charge is 0.394 e. The van der Waals surface area contributed by atoms with Crippen LogP contribution in [0, 0.1) is 0 Å². The van der Waals surface area contributed by atoms with E-state index in [1.807, 2.05) is 6.08 Å². The van der Waals surface area contributed by atoms with Crippen molar-refractivity contribution in [1.29, 1.82) is 0 Å². The average molecular weight is 636 g/mol. The van der Waals surface area contributed by atoms with Crippen molar-refractivity contribution in [3.63, 3.8) is 0 Å². The van der Waals surface area contributed by atoms with E-state index in [-0.39, 0.29) is 12.5 Å². The summed E-state index contributed by atoms with van der Waals surface area (Å²) in [5.74, 6) is -0.0607. The van der Waals surface area contributed by atoms with Gasteiger partial charge in [0.2, 0.25) is 5.91 Å². The number of aliphatic hydroxyl groups excluding tert-OH is 2. The number of hydrogen-bond acceptors (Lipinski definition) is 3. The number of carbonyl (C=O) groups excluding carboxylic acids is 1. The first kappa shape index (κ1) is 44.1. The van der Waals surface area contributed by atoms with Gasteiger partial charge in [0.15, 0.2) is 0 Å². The lowest BCUT2D eigenvalue weighted by molar-refractivity contribution is -0.123. The maximum absolute atomic E-state index is 12.3. The van der Waals surface area contributed by atoms with E-state index in [1.54, 1.807) is 6.08 Å². The van der Waals surface area contributed by atoms with E-state index in [2.05, 4.69) is 19.2 Å². The number of carbonyl (C=O) groups is 1. The van der Waals surface area contributed by atoms with Gasteiger partial charge in [-0.2, -0.15) is 0 Å². The summed E-state index contributed by atoms with van der Waals surface area (Å²) in [6.07, 6.45) is 45.9. The van der Waals surface area contributed by atoms with Gasteiger partial charge >= 0.3 is 0 Å². The molecular formula is C41H81NO3. The molecule has 1 amide bonds. The summed E-state index contributed by atoms with van der Waals surface area (Å²) < 4.78 is 0. The second-order valence-electron chi connectivity index (χ2n) is 14.1. The van der Waals surface area contributed by atoms with Crippen LogP contribution in [0.3, 0.4) is 0 Å². The molecule has 4 nitrogen and oxygen atoms in total. The molecule has 0 aliphatic heterocycles. The Morgan fingerprint density at radius 2 is 0.822 bits per heavy atom. The van der Waals surface area contributed by atoms with Crippen molar-refractivity contribution in [1.82, 2.24) is 5.32 Å². The molecule has 2 atom stereocenters.